The SMILES string of the molecule is CCN(Cc1noc(C2CC2)n1)C(=O)/C=C/c1nc2ccccc2s1. The molecule has 0 unspecified atom stereocenters. The zero-order valence-electron chi connectivity index (χ0n) is 13.9. The maximum Gasteiger partial charge on any atom is 0.247 e. The monoisotopic (exact) mass is 354 g/mol. The fraction of sp³-hybridized carbons (Fsp3) is 0.333. The number of hydrogen-bond acceptors (Lipinski definition) is 6. The minimum Gasteiger partial charge on any atom is -0.339 e. The van der Waals surface area contributed by atoms with Gasteiger partial charge in [-0.25, -0.2) is 4.98 Å². The molecule has 7 heteroatoms. The summed E-state index contributed by atoms with van der Waals surface area (Å²) >= 11 is 1.57. The van der Waals surface area contributed by atoms with Crippen LogP contribution in [0.5, 0.6) is 0 Å². The number of carbonyl (C=O) groups is 1. The van der Waals surface area contributed by atoms with Gasteiger partial charge in [-0.3, -0.25) is 4.79 Å². The summed E-state index contributed by atoms with van der Waals surface area (Å²) in [6.07, 6.45) is 5.55. The van der Waals surface area contributed by atoms with Crippen LogP contribution >= 0.6 is 11.3 Å². The highest BCUT2D eigenvalue weighted by Crippen LogP contribution is 2.38. The average Bonchev–Trinajstić information content (AvgIpc) is 3.23. The second kappa shape index (κ2) is 6.76. The molecule has 1 amide bonds. The van der Waals surface area contributed by atoms with Gasteiger partial charge in [-0.2, -0.15) is 4.98 Å². The number of carbonyl (C=O) groups excluding carboxylic acids is 1. The lowest BCUT2D eigenvalue weighted by Crippen LogP contribution is -2.29. The molecule has 1 aromatic carbocycles. The maximum absolute atomic E-state index is 12.4. The molecule has 6 nitrogen and oxygen atoms in total. The average molecular weight is 354 g/mol. The predicted octanol–water partition coefficient (Wildman–Crippen LogP) is 3.62. The van der Waals surface area contributed by atoms with Gasteiger partial charge >= 0.3 is 0 Å². The van der Waals surface area contributed by atoms with Crippen molar-refractivity contribution in [3.8, 4) is 0 Å². The van der Waals surface area contributed by atoms with E-state index in [0.29, 0.717) is 30.7 Å². The number of aromatic nitrogens is 3. The normalized spacial score (nSPS) is 14.4. The summed E-state index contributed by atoms with van der Waals surface area (Å²) in [5.74, 6) is 1.60. The molecule has 1 saturated carbocycles. The third-order valence-corrected chi connectivity index (χ3v) is 5.12. The Labute approximate surface area is 149 Å². The Bertz CT molecular complexity index is 893. The molecule has 1 fully saturated rings. The van der Waals surface area contributed by atoms with Crippen LogP contribution in [-0.2, 0) is 11.3 Å². The van der Waals surface area contributed by atoms with Gasteiger partial charge in [0.25, 0.3) is 0 Å². The van der Waals surface area contributed by atoms with Gasteiger partial charge in [-0.05, 0) is 38.0 Å². The van der Waals surface area contributed by atoms with Crippen molar-refractivity contribution in [2.45, 2.75) is 32.2 Å². The lowest BCUT2D eigenvalue weighted by Gasteiger charge is -2.16. The largest absolute Gasteiger partial charge is 0.339 e. The molecule has 2 heterocycles. The molecular formula is C18H18N4O2S. The number of rotatable bonds is 6. The molecule has 25 heavy (non-hydrogen) atoms. The van der Waals surface area contributed by atoms with Crippen LogP contribution in [0, 0.1) is 0 Å². The minimum absolute atomic E-state index is 0.0838. The van der Waals surface area contributed by atoms with E-state index in [4.69, 9.17) is 4.52 Å². The highest BCUT2D eigenvalue weighted by molar-refractivity contribution is 7.19. The standard InChI is InChI=1S/C18H18N4O2S/c1-2-22(11-15-20-18(24-21-15)12-7-8-12)17(23)10-9-16-19-13-5-3-4-6-14(13)25-16/h3-6,9-10,12H,2,7-8,11H2,1H3/b10-9+. The number of nitrogens with zero attached hydrogens (tertiary/aromatic N) is 4. The molecule has 128 valence electrons. The fourth-order valence-electron chi connectivity index (χ4n) is 2.55. The van der Waals surface area contributed by atoms with Crippen LogP contribution < -0.4 is 0 Å². The van der Waals surface area contributed by atoms with E-state index < -0.39 is 0 Å². The summed E-state index contributed by atoms with van der Waals surface area (Å²) < 4.78 is 6.36. The second-order valence-corrected chi connectivity index (χ2v) is 7.09. The molecule has 1 aliphatic carbocycles. The summed E-state index contributed by atoms with van der Waals surface area (Å²) in [5, 5.41) is 4.80. The Balaban J connectivity index is 1.43. The Morgan fingerprint density at radius 1 is 1.36 bits per heavy atom. The molecular weight excluding hydrogens is 336 g/mol. The van der Waals surface area contributed by atoms with E-state index >= 15 is 0 Å². The van der Waals surface area contributed by atoms with Crippen LogP contribution in [0.2, 0.25) is 0 Å². The quantitative estimate of drug-likeness (QED) is 0.632. The zero-order chi connectivity index (χ0) is 17.2. The molecule has 0 radical (unpaired) electrons. The van der Waals surface area contributed by atoms with Crippen molar-refractivity contribution in [2.24, 2.45) is 0 Å². The van der Waals surface area contributed by atoms with E-state index in [1.807, 2.05) is 31.2 Å². The third kappa shape index (κ3) is 3.61. The van der Waals surface area contributed by atoms with E-state index in [2.05, 4.69) is 15.1 Å². The molecule has 1 aliphatic rings. The highest BCUT2D eigenvalue weighted by atomic mass is 32.1. The van der Waals surface area contributed by atoms with Crippen molar-refractivity contribution in [1.29, 1.82) is 0 Å². The van der Waals surface area contributed by atoms with Crippen molar-refractivity contribution in [2.75, 3.05) is 6.54 Å². The second-order valence-electron chi connectivity index (χ2n) is 6.03. The van der Waals surface area contributed by atoms with Crippen LogP contribution in [0.25, 0.3) is 16.3 Å². The minimum atomic E-state index is -0.0838. The lowest BCUT2D eigenvalue weighted by atomic mass is 10.3. The van der Waals surface area contributed by atoms with Gasteiger partial charge in [0.2, 0.25) is 11.8 Å². The molecule has 0 N–H and O–H groups in total. The summed E-state index contributed by atoms with van der Waals surface area (Å²) in [5.41, 5.74) is 0.950. The van der Waals surface area contributed by atoms with Crippen LogP contribution in [0.4, 0.5) is 0 Å². The topological polar surface area (TPSA) is 72.1 Å². The number of thiazole rings is 1. The summed E-state index contributed by atoms with van der Waals surface area (Å²) in [6.45, 7) is 2.87. The number of amides is 1. The Morgan fingerprint density at radius 2 is 2.20 bits per heavy atom. The zero-order valence-corrected chi connectivity index (χ0v) is 14.7. The first-order chi connectivity index (χ1) is 12.2. The van der Waals surface area contributed by atoms with Gasteiger partial charge in [-0.15, -0.1) is 11.3 Å². The smallest absolute Gasteiger partial charge is 0.247 e. The number of hydrogen-bond donors (Lipinski definition) is 0. The Kier molecular flexibility index (Phi) is 4.31. The molecule has 3 aromatic rings. The van der Waals surface area contributed by atoms with Crippen molar-refractivity contribution in [3.63, 3.8) is 0 Å². The van der Waals surface area contributed by atoms with Gasteiger partial charge in [-0.1, -0.05) is 17.3 Å². The van der Waals surface area contributed by atoms with E-state index in [0.717, 1.165) is 28.1 Å². The molecule has 0 atom stereocenters. The number of likely N-dealkylation sites (N-methyl/N-ethyl adjacent to an activating group) is 1. The Hall–Kier alpha value is -2.54. The number of para-hydroxylation sites is 1. The molecule has 4 rings (SSSR count). The van der Waals surface area contributed by atoms with Crippen molar-refractivity contribution < 1.29 is 9.32 Å². The van der Waals surface area contributed by atoms with Crippen LogP contribution in [0.1, 0.15) is 42.4 Å². The first-order valence-electron chi connectivity index (χ1n) is 8.38. The van der Waals surface area contributed by atoms with Crippen LogP contribution in [0.15, 0.2) is 34.9 Å². The lowest BCUT2D eigenvalue weighted by molar-refractivity contribution is -0.126. The van der Waals surface area contributed by atoms with Crippen LogP contribution in [-0.4, -0.2) is 32.5 Å². The number of fused-ring (bicyclic) bond motifs is 1. The van der Waals surface area contributed by atoms with Gasteiger partial charge < -0.3 is 9.42 Å². The van der Waals surface area contributed by atoms with Crippen molar-refractivity contribution >= 4 is 33.5 Å². The molecule has 0 aliphatic heterocycles. The third-order valence-electron chi connectivity index (χ3n) is 4.11. The molecule has 2 aromatic heterocycles. The van der Waals surface area contributed by atoms with E-state index in [-0.39, 0.29) is 5.91 Å². The van der Waals surface area contributed by atoms with Gasteiger partial charge in [0, 0.05) is 18.5 Å². The molecule has 0 bridgehead atoms. The maximum atomic E-state index is 12.4. The summed E-state index contributed by atoms with van der Waals surface area (Å²) in [7, 11) is 0. The van der Waals surface area contributed by atoms with Gasteiger partial charge in [0.1, 0.15) is 5.01 Å². The van der Waals surface area contributed by atoms with Gasteiger partial charge in [0.15, 0.2) is 5.82 Å². The predicted molar refractivity (Wildman–Crippen MR) is 96.0 cm³/mol. The van der Waals surface area contributed by atoms with E-state index in [9.17, 15) is 4.79 Å². The van der Waals surface area contributed by atoms with E-state index in [1.165, 1.54) is 0 Å². The fourth-order valence-corrected chi connectivity index (χ4v) is 3.42. The van der Waals surface area contributed by atoms with Gasteiger partial charge in [0.05, 0.1) is 16.8 Å². The summed E-state index contributed by atoms with van der Waals surface area (Å²) in [4.78, 5) is 23.0. The first-order valence-corrected chi connectivity index (χ1v) is 9.19. The molecule has 0 spiro atoms. The molecule has 0 saturated heterocycles. The first kappa shape index (κ1) is 16.0. The summed E-state index contributed by atoms with van der Waals surface area (Å²) in [6, 6.07) is 7.94. The highest BCUT2D eigenvalue weighted by Gasteiger charge is 2.29. The Morgan fingerprint density at radius 3 is 2.96 bits per heavy atom. The van der Waals surface area contributed by atoms with Crippen molar-refractivity contribution in [3.05, 3.63) is 47.1 Å². The van der Waals surface area contributed by atoms with E-state index in [1.54, 1.807) is 28.4 Å². The number of benzene rings is 1. The van der Waals surface area contributed by atoms with Crippen molar-refractivity contribution in [1.82, 2.24) is 20.0 Å². The van der Waals surface area contributed by atoms with Crippen LogP contribution in [0.3, 0.4) is 0 Å².